The van der Waals surface area contributed by atoms with E-state index in [0.29, 0.717) is 11.8 Å². The zero-order valence-corrected chi connectivity index (χ0v) is 22.3. The van der Waals surface area contributed by atoms with Crippen LogP contribution in [0.15, 0.2) is 35.5 Å². The average Bonchev–Trinajstić information content (AvgIpc) is 3.11. The molecule has 0 aromatic rings. The molecule has 2 heteroatoms. The van der Waals surface area contributed by atoms with Crippen LogP contribution in [0.1, 0.15) is 118 Å². The third-order valence-corrected chi connectivity index (χ3v) is 9.09. The molecule has 0 heterocycles. The monoisotopic (exact) mass is 454 g/mol. The average molecular weight is 455 g/mol. The van der Waals surface area contributed by atoms with Gasteiger partial charge in [-0.1, -0.05) is 83.8 Å². The molecule has 3 aliphatic rings. The van der Waals surface area contributed by atoms with E-state index in [1.54, 1.807) is 5.57 Å². The zero-order valence-electron chi connectivity index (χ0n) is 22.3. The first-order chi connectivity index (χ1) is 15.7. The van der Waals surface area contributed by atoms with Crippen molar-refractivity contribution in [2.24, 2.45) is 29.1 Å². The fourth-order valence-electron chi connectivity index (χ4n) is 7.19. The fourth-order valence-corrected chi connectivity index (χ4v) is 7.19. The van der Waals surface area contributed by atoms with Crippen LogP contribution in [0.25, 0.3) is 0 Å². The number of esters is 1. The number of carbonyl (C=O) groups is 1. The van der Waals surface area contributed by atoms with Crippen LogP contribution in [0.2, 0.25) is 0 Å². The summed E-state index contributed by atoms with van der Waals surface area (Å²) in [5, 5.41) is 0. The van der Waals surface area contributed by atoms with Crippen LogP contribution in [0.5, 0.6) is 0 Å². The molecule has 0 aliphatic heterocycles. The molecular formula is C31H50O2. The molecule has 0 spiro atoms. The summed E-state index contributed by atoms with van der Waals surface area (Å²) in [6, 6.07) is 0. The molecule has 0 aromatic heterocycles. The molecule has 3 rings (SSSR count). The lowest BCUT2D eigenvalue weighted by molar-refractivity contribution is -0.149. The first kappa shape index (κ1) is 26.3. The van der Waals surface area contributed by atoms with Gasteiger partial charge < -0.3 is 4.74 Å². The molecule has 5 atom stereocenters. The Kier molecular flexibility index (Phi) is 9.48. The third kappa shape index (κ3) is 6.64. The second kappa shape index (κ2) is 11.9. The Bertz CT molecular complexity index is 742. The lowest BCUT2D eigenvalue weighted by Gasteiger charge is -2.44. The van der Waals surface area contributed by atoms with Crippen molar-refractivity contribution >= 4 is 5.97 Å². The summed E-state index contributed by atoms with van der Waals surface area (Å²) >= 11 is 0. The van der Waals surface area contributed by atoms with E-state index in [9.17, 15) is 4.79 Å². The van der Waals surface area contributed by atoms with Crippen LogP contribution in [0, 0.1) is 29.1 Å². The number of hydrogen-bond acceptors (Lipinski definition) is 2. The van der Waals surface area contributed by atoms with Crippen molar-refractivity contribution in [1.82, 2.24) is 0 Å². The van der Waals surface area contributed by atoms with E-state index in [-0.39, 0.29) is 12.1 Å². The summed E-state index contributed by atoms with van der Waals surface area (Å²) in [6.07, 6.45) is 19.8. The Balaban J connectivity index is 1.67. The summed E-state index contributed by atoms with van der Waals surface area (Å²) in [5.74, 6) is 3.24. The van der Waals surface area contributed by atoms with Crippen molar-refractivity contribution < 1.29 is 9.53 Å². The third-order valence-electron chi connectivity index (χ3n) is 9.09. The Morgan fingerprint density at radius 1 is 1.15 bits per heavy atom. The van der Waals surface area contributed by atoms with E-state index in [0.717, 1.165) is 49.4 Å². The predicted molar refractivity (Wildman–Crippen MR) is 140 cm³/mol. The maximum Gasteiger partial charge on any atom is 0.306 e. The van der Waals surface area contributed by atoms with Gasteiger partial charge in [0.2, 0.25) is 0 Å². The number of fused-ring (bicyclic) bond motifs is 1. The molecular weight excluding hydrogens is 404 g/mol. The molecule has 33 heavy (non-hydrogen) atoms. The van der Waals surface area contributed by atoms with E-state index >= 15 is 0 Å². The quantitative estimate of drug-likeness (QED) is 0.325. The molecule has 0 saturated heterocycles. The van der Waals surface area contributed by atoms with E-state index in [4.69, 9.17) is 4.74 Å². The predicted octanol–water partition coefficient (Wildman–Crippen LogP) is 8.97. The Labute approximate surface area is 204 Å². The topological polar surface area (TPSA) is 26.3 Å². The lowest BCUT2D eigenvalue weighted by atomic mass is 9.60. The normalized spacial score (nSPS) is 33.5. The summed E-state index contributed by atoms with van der Waals surface area (Å²) in [4.78, 5) is 12.0. The maximum atomic E-state index is 12.0. The van der Waals surface area contributed by atoms with Gasteiger partial charge in [-0.2, -0.15) is 0 Å². The maximum absolute atomic E-state index is 12.0. The highest BCUT2D eigenvalue weighted by Crippen LogP contribution is 2.60. The van der Waals surface area contributed by atoms with Gasteiger partial charge in [0.15, 0.2) is 0 Å². The van der Waals surface area contributed by atoms with Crippen molar-refractivity contribution in [3.05, 3.63) is 35.5 Å². The summed E-state index contributed by atoms with van der Waals surface area (Å²) < 4.78 is 5.73. The number of hydrogen-bond donors (Lipinski definition) is 0. The molecule has 0 radical (unpaired) electrons. The van der Waals surface area contributed by atoms with E-state index in [1.165, 1.54) is 62.5 Å². The van der Waals surface area contributed by atoms with Crippen molar-refractivity contribution in [2.75, 3.05) is 0 Å². The Morgan fingerprint density at radius 3 is 2.67 bits per heavy atom. The van der Waals surface area contributed by atoms with Crippen LogP contribution >= 0.6 is 0 Å². The molecule has 0 amide bonds. The Morgan fingerprint density at radius 2 is 1.94 bits per heavy atom. The highest BCUT2D eigenvalue weighted by molar-refractivity contribution is 5.69. The first-order valence-electron chi connectivity index (χ1n) is 14.0. The molecule has 0 N–H and O–H groups in total. The lowest BCUT2D eigenvalue weighted by Crippen LogP contribution is -2.36. The largest absolute Gasteiger partial charge is 0.462 e. The number of rotatable bonds is 9. The molecule has 0 aromatic carbocycles. The van der Waals surface area contributed by atoms with Gasteiger partial charge in [-0.3, -0.25) is 4.79 Å². The fraction of sp³-hybridized carbons (Fsp3) is 0.774. The van der Waals surface area contributed by atoms with Gasteiger partial charge in [-0.25, -0.2) is 0 Å². The van der Waals surface area contributed by atoms with Gasteiger partial charge in [0.05, 0.1) is 0 Å². The van der Waals surface area contributed by atoms with Crippen molar-refractivity contribution in [2.45, 2.75) is 124 Å². The minimum absolute atomic E-state index is 0.0263. The van der Waals surface area contributed by atoms with Crippen LogP contribution in [0.3, 0.4) is 0 Å². The SMILES string of the molecule is C=C1CC[C@H](OC(=O)CCC)C/C1=C/C=C1CCC[C@]2(C)[C@@H]([C@H](C)CCCC(C)C)CC[C@@H]12. The van der Waals surface area contributed by atoms with E-state index in [1.807, 2.05) is 6.92 Å². The van der Waals surface area contributed by atoms with Gasteiger partial charge in [0.25, 0.3) is 0 Å². The highest BCUT2D eigenvalue weighted by Gasteiger charge is 2.50. The zero-order chi connectivity index (χ0) is 24.0. The number of allylic oxidation sites excluding steroid dienone is 4. The number of carbonyl (C=O) groups excluding carboxylic acids is 1. The van der Waals surface area contributed by atoms with Crippen LogP contribution in [0.4, 0.5) is 0 Å². The molecule has 0 bridgehead atoms. The second-order valence-corrected chi connectivity index (χ2v) is 12.0. The van der Waals surface area contributed by atoms with Gasteiger partial charge in [-0.05, 0) is 86.0 Å². The molecule has 0 unspecified atom stereocenters. The molecule has 3 aliphatic carbocycles. The first-order valence-corrected chi connectivity index (χ1v) is 14.0. The smallest absolute Gasteiger partial charge is 0.306 e. The molecule has 2 nitrogen and oxygen atoms in total. The second-order valence-electron chi connectivity index (χ2n) is 12.0. The minimum atomic E-state index is -0.0460. The van der Waals surface area contributed by atoms with Crippen molar-refractivity contribution in [1.29, 1.82) is 0 Å². The van der Waals surface area contributed by atoms with Gasteiger partial charge >= 0.3 is 5.97 Å². The number of ether oxygens (including phenoxy) is 1. The molecule has 3 saturated carbocycles. The molecule has 186 valence electrons. The minimum Gasteiger partial charge on any atom is -0.462 e. The van der Waals surface area contributed by atoms with Gasteiger partial charge in [-0.15, -0.1) is 0 Å². The van der Waals surface area contributed by atoms with Crippen LogP contribution < -0.4 is 0 Å². The van der Waals surface area contributed by atoms with Crippen molar-refractivity contribution in [3.8, 4) is 0 Å². The highest BCUT2D eigenvalue weighted by atomic mass is 16.5. The van der Waals surface area contributed by atoms with Crippen molar-refractivity contribution in [3.63, 3.8) is 0 Å². The summed E-state index contributed by atoms with van der Waals surface area (Å²) in [6.45, 7) is 16.2. The van der Waals surface area contributed by atoms with E-state index < -0.39 is 0 Å². The molecule has 3 fully saturated rings. The summed E-state index contributed by atoms with van der Waals surface area (Å²) in [7, 11) is 0. The standard InChI is InChI=1S/C31H50O2/c1-7-10-30(32)33-27-17-14-23(4)26(21-27)16-15-25-13-9-20-31(6)28(18-19-29(25)31)24(5)12-8-11-22(2)3/h15-16,22,24,27-29H,4,7-14,17-21H2,1-3,5-6H3/b25-15?,26-16-/t24-,27+,28-,29+,31-/m1/s1. The van der Waals surface area contributed by atoms with E-state index in [2.05, 4.69) is 46.4 Å². The Hall–Kier alpha value is -1.31. The van der Waals surface area contributed by atoms with Gasteiger partial charge in [0, 0.05) is 12.8 Å². The van der Waals surface area contributed by atoms with Crippen LogP contribution in [-0.4, -0.2) is 12.1 Å². The van der Waals surface area contributed by atoms with Gasteiger partial charge in [0.1, 0.15) is 6.10 Å². The van der Waals surface area contributed by atoms with Crippen LogP contribution in [-0.2, 0) is 9.53 Å². The summed E-state index contributed by atoms with van der Waals surface area (Å²) in [5.41, 5.74) is 4.68.